The van der Waals surface area contributed by atoms with Crippen molar-refractivity contribution < 1.29 is 0 Å². The Morgan fingerprint density at radius 3 is 1.78 bits per heavy atom. The molecule has 0 aromatic heterocycles. The van der Waals surface area contributed by atoms with Crippen LogP contribution >= 0.6 is 7.92 Å². The van der Waals surface area contributed by atoms with Gasteiger partial charge >= 0.3 is 0 Å². The van der Waals surface area contributed by atoms with Crippen molar-refractivity contribution in [3.05, 3.63) is 83.5 Å². The lowest BCUT2D eigenvalue weighted by molar-refractivity contribution is 0.804. The summed E-state index contributed by atoms with van der Waals surface area (Å²) in [5.74, 6) is 0. The van der Waals surface area contributed by atoms with E-state index < -0.39 is 7.92 Å². The molecule has 0 aliphatic heterocycles. The fourth-order valence-electron chi connectivity index (χ4n) is 3.41. The maximum absolute atomic E-state index is 2.43. The predicted molar refractivity (Wildman–Crippen MR) is 104 cm³/mol. The van der Waals surface area contributed by atoms with Crippen molar-refractivity contribution in [2.45, 2.75) is 39.3 Å². The first-order chi connectivity index (χ1) is 11.0. The number of rotatable bonds is 4. The quantitative estimate of drug-likeness (QED) is 0.662. The summed E-state index contributed by atoms with van der Waals surface area (Å²) in [5.41, 5.74) is 4.36. The van der Waals surface area contributed by atoms with Crippen molar-refractivity contribution in [2.24, 2.45) is 0 Å². The zero-order valence-corrected chi connectivity index (χ0v) is 15.4. The normalized spacial score (nSPS) is 14.4. The zero-order valence-electron chi connectivity index (χ0n) is 14.5. The van der Waals surface area contributed by atoms with E-state index in [0.29, 0.717) is 0 Å². The molecule has 1 heteroatoms. The van der Waals surface area contributed by atoms with Crippen molar-refractivity contribution >= 4 is 18.5 Å². The van der Waals surface area contributed by atoms with Gasteiger partial charge < -0.3 is 0 Å². The van der Waals surface area contributed by atoms with Crippen LogP contribution in [0.1, 0.15) is 31.4 Å². The maximum atomic E-state index is 2.43. The van der Waals surface area contributed by atoms with E-state index in [4.69, 9.17) is 0 Å². The van der Waals surface area contributed by atoms with Crippen molar-refractivity contribution in [3.63, 3.8) is 0 Å². The summed E-state index contributed by atoms with van der Waals surface area (Å²) in [6.07, 6.45) is 7.90. The minimum absolute atomic E-state index is 0.150. The van der Waals surface area contributed by atoms with E-state index in [1.807, 2.05) is 0 Å². The Morgan fingerprint density at radius 2 is 1.35 bits per heavy atom. The largest absolute Gasteiger partial charge is 0.0804 e. The van der Waals surface area contributed by atoms with Crippen LogP contribution < -0.4 is 10.6 Å². The molecule has 2 aromatic rings. The first-order valence-corrected chi connectivity index (χ1v) is 9.63. The maximum Gasteiger partial charge on any atom is 0.0144 e. The number of aryl methyl sites for hydroxylation is 2. The molecule has 0 saturated heterocycles. The van der Waals surface area contributed by atoms with Crippen LogP contribution in [0, 0.1) is 13.8 Å². The van der Waals surface area contributed by atoms with E-state index in [-0.39, 0.29) is 5.16 Å². The third-order valence-corrected chi connectivity index (χ3v) is 8.20. The van der Waals surface area contributed by atoms with Gasteiger partial charge in [0.25, 0.3) is 0 Å². The molecule has 0 unspecified atom stereocenters. The van der Waals surface area contributed by atoms with Crippen LogP contribution in [0.4, 0.5) is 0 Å². The summed E-state index contributed by atoms with van der Waals surface area (Å²) in [4.78, 5) is 0. The van der Waals surface area contributed by atoms with Crippen LogP contribution in [0.3, 0.4) is 0 Å². The van der Waals surface area contributed by atoms with Crippen LogP contribution in [-0.2, 0) is 0 Å². The third kappa shape index (κ3) is 3.06. The molecule has 0 N–H and O–H groups in total. The van der Waals surface area contributed by atoms with E-state index >= 15 is 0 Å². The molecule has 0 spiro atoms. The van der Waals surface area contributed by atoms with Gasteiger partial charge in [0, 0.05) is 5.16 Å². The Balaban J connectivity index is 2.19. The summed E-state index contributed by atoms with van der Waals surface area (Å²) in [6.45, 7) is 9.35. The second kappa shape index (κ2) is 6.46. The number of benzene rings is 2. The molecule has 0 atom stereocenters. The highest BCUT2D eigenvalue weighted by atomic mass is 31.1. The molecule has 0 bridgehead atoms. The Kier molecular flexibility index (Phi) is 4.55. The average molecular weight is 320 g/mol. The molecule has 2 aromatic carbocycles. The van der Waals surface area contributed by atoms with Gasteiger partial charge in [0.15, 0.2) is 0 Å². The lowest BCUT2D eigenvalue weighted by atomic mass is 10.0. The van der Waals surface area contributed by atoms with E-state index in [1.54, 1.807) is 5.57 Å². The van der Waals surface area contributed by atoms with Crippen molar-refractivity contribution in [3.8, 4) is 0 Å². The van der Waals surface area contributed by atoms with Gasteiger partial charge in [0.05, 0.1) is 0 Å². The van der Waals surface area contributed by atoms with E-state index in [1.165, 1.54) is 21.7 Å². The Morgan fingerprint density at radius 1 is 0.826 bits per heavy atom. The second-order valence-electron chi connectivity index (χ2n) is 6.79. The van der Waals surface area contributed by atoms with Gasteiger partial charge in [-0.05, 0) is 49.9 Å². The van der Waals surface area contributed by atoms with Crippen LogP contribution in [0.2, 0.25) is 0 Å². The van der Waals surface area contributed by atoms with E-state index in [0.717, 1.165) is 6.42 Å². The fourth-order valence-corrected chi connectivity index (χ4v) is 6.65. The first-order valence-electron chi connectivity index (χ1n) is 8.29. The zero-order chi connectivity index (χ0) is 16.4. The van der Waals surface area contributed by atoms with Gasteiger partial charge in [0.1, 0.15) is 0 Å². The van der Waals surface area contributed by atoms with Crippen LogP contribution in [0.25, 0.3) is 0 Å². The molecule has 1 aliphatic rings. The second-order valence-corrected chi connectivity index (χ2v) is 9.54. The molecule has 0 saturated carbocycles. The fraction of sp³-hybridized carbons (Fsp3) is 0.273. The standard InChI is InChI=1S/C22H25P/c1-17-11-5-9-15-20(17)23(21-16-10-6-12-18(21)2)22(3,4)19-13-7-8-14-19/h5-13,15-16H,14H2,1-4H3. The van der Waals surface area contributed by atoms with E-state index in [9.17, 15) is 0 Å². The molecule has 1 aliphatic carbocycles. The number of allylic oxidation sites excluding steroid dienone is 4. The number of hydrogen-bond donors (Lipinski definition) is 0. The van der Waals surface area contributed by atoms with Gasteiger partial charge in [-0.1, -0.05) is 86.2 Å². The van der Waals surface area contributed by atoms with Crippen molar-refractivity contribution in [2.75, 3.05) is 0 Å². The third-order valence-electron chi connectivity index (χ3n) is 4.83. The molecule has 23 heavy (non-hydrogen) atoms. The SMILES string of the molecule is Cc1ccccc1P(c1ccccc1C)C(C)(C)C1=CC=CC1. The number of hydrogen-bond acceptors (Lipinski definition) is 0. The van der Waals surface area contributed by atoms with Gasteiger partial charge in [0.2, 0.25) is 0 Å². The van der Waals surface area contributed by atoms with Crippen LogP contribution in [0.15, 0.2) is 72.3 Å². The minimum Gasteiger partial charge on any atom is -0.0804 e. The summed E-state index contributed by atoms with van der Waals surface area (Å²) in [5, 5.41) is 3.17. The van der Waals surface area contributed by atoms with E-state index in [2.05, 4.69) is 94.5 Å². The Hall–Kier alpha value is -1.65. The lowest BCUT2D eigenvalue weighted by Crippen LogP contribution is -2.32. The highest BCUT2D eigenvalue weighted by Crippen LogP contribution is 2.54. The molecule has 0 amide bonds. The molecule has 0 fully saturated rings. The van der Waals surface area contributed by atoms with Crippen molar-refractivity contribution in [1.29, 1.82) is 0 Å². The summed E-state index contributed by atoms with van der Waals surface area (Å²) >= 11 is 0. The Labute approximate surface area is 141 Å². The van der Waals surface area contributed by atoms with Gasteiger partial charge in [-0.2, -0.15) is 0 Å². The van der Waals surface area contributed by atoms with Gasteiger partial charge in [-0.3, -0.25) is 0 Å². The highest BCUT2D eigenvalue weighted by molar-refractivity contribution is 7.74. The van der Waals surface area contributed by atoms with Gasteiger partial charge in [-0.25, -0.2) is 0 Å². The van der Waals surface area contributed by atoms with Crippen LogP contribution in [0.5, 0.6) is 0 Å². The highest BCUT2D eigenvalue weighted by Gasteiger charge is 2.36. The smallest absolute Gasteiger partial charge is 0.0144 e. The average Bonchev–Trinajstić information content (AvgIpc) is 3.06. The summed E-state index contributed by atoms with van der Waals surface area (Å²) < 4.78 is 0. The topological polar surface area (TPSA) is 0 Å². The molecule has 118 valence electrons. The summed E-state index contributed by atoms with van der Waals surface area (Å²) in [6, 6.07) is 17.8. The lowest BCUT2D eigenvalue weighted by Gasteiger charge is -2.38. The molecular formula is C22H25P. The molecule has 3 rings (SSSR count). The van der Waals surface area contributed by atoms with Crippen LogP contribution in [-0.4, -0.2) is 5.16 Å². The Bertz CT molecular complexity index is 720. The molecule has 0 nitrogen and oxygen atoms in total. The first kappa shape index (κ1) is 16.2. The molecular weight excluding hydrogens is 295 g/mol. The predicted octanol–water partition coefficient (Wildman–Crippen LogP) is 5.40. The monoisotopic (exact) mass is 320 g/mol. The molecule has 0 heterocycles. The molecule has 0 radical (unpaired) electrons. The van der Waals surface area contributed by atoms with Gasteiger partial charge in [-0.15, -0.1) is 0 Å². The minimum atomic E-state index is -0.455. The van der Waals surface area contributed by atoms with Crippen molar-refractivity contribution in [1.82, 2.24) is 0 Å². The summed E-state index contributed by atoms with van der Waals surface area (Å²) in [7, 11) is -0.455.